The minimum atomic E-state index is -1.06. The Bertz CT molecular complexity index is 434. The van der Waals surface area contributed by atoms with Crippen LogP contribution in [0.4, 0.5) is 0 Å². The van der Waals surface area contributed by atoms with Crippen LogP contribution in [0.2, 0.25) is 0 Å². The van der Waals surface area contributed by atoms with Gasteiger partial charge in [-0.1, -0.05) is 0 Å². The molecule has 0 aromatic carbocycles. The fraction of sp³-hybridized carbons (Fsp3) is 0.692. The van der Waals surface area contributed by atoms with Crippen LogP contribution in [0.1, 0.15) is 33.1 Å². The molecule has 2 atom stereocenters. The number of likely N-dealkylation sites (tertiary alicyclic amines) is 1. The molecule has 1 aliphatic heterocycles. The Labute approximate surface area is 122 Å². The van der Waals surface area contributed by atoms with Crippen LogP contribution in [0, 0.1) is 0 Å². The van der Waals surface area contributed by atoms with Crippen LogP contribution in [0.25, 0.3) is 0 Å². The summed E-state index contributed by atoms with van der Waals surface area (Å²) in [4.78, 5) is 45.8. The van der Waals surface area contributed by atoms with E-state index in [1.807, 2.05) is 0 Å². The number of aliphatic carboxylic acids is 1. The van der Waals surface area contributed by atoms with Gasteiger partial charge in [0.15, 0.2) is 0 Å². The van der Waals surface area contributed by atoms with Gasteiger partial charge in [-0.15, -0.1) is 0 Å². The molecule has 1 saturated heterocycles. The predicted molar refractivity (Wildman–Crippen MR) is 69.2 cm³/mol. The monoisotopic (exact) mass is 301 g/mol. The van der Waals surface area contributed by atoms with Crippen molar-refractivity contribution in [1.82, 2.24) is 4.90 Å². The molecule has 21 heavy (non-hydrogen) atoms. The van der Waals surface area contributed by atoms with Crippen molar-refractivity contribution in [2.75, 3.05) is 13.2 Å². The van der Waals surface area contributed by atoms with E-state index in [1.165, 1.54) is 18.7 Å². The molecule has 0 aromatic heterocycles. The fourth-order valence-electron chi connectivity index (χ4n) is 2.23. The van der Waals surface area contributed by atoms with Crippen molar-refractivity contribution in [3.8, 4) is 0 Å². The number of hydrogen-bond donors (Lipinski definition) is 1. The summed E-state index contributed by atoms with van der Waals surface area (Å²) in [6, 6.07) is -0.403. The number of carbonyl (C=O) groups is 4. The first-order valence-electron chi connectivity index (χ1n) is 6.61. The number of nitrogens with zero attached hydrogens (tertiary/aromatic N) is 1. The first-order valence-corrected chi connectivity index (χ1v) is 6.61. The van der Waals surface area contributed by atoms with Crippen molar-refractivity contribution >= 4 is 23.8 Å². The van der Waals surface area contributed by atoms with Crippen LogP contribution in [-0.2, 0) is 28.7 Å². The zero-order valence-corrected chi connectivity index (χ0v) is 12.0. The second kappa shape index (κ2) is 7.61. The molecule has 1 heterocycles. The molecule has 0 saturated carbocycles. The first kappa shape index (κ1) is 16.9. The lowest BCUT2D eigenvalue weighted by atomic mass is 10.2. The average Bonchev–Trinajstić information content (AvgIpc) is 2.75. The Hall–Kier alpha value is -2.12. The molecule has 8 nitrogen and oxygen atoms in total. The molecule has 1 rings (SSSR count). The van der Waals surface area contributed by atoms with E-state index < -0.39 is 30.1 Å². The van der Waals surface area contributed by atoms with E-state index in [0.29, 0.717) is 6.42 Å². The minimum Gasteiger partial charge on any atom is -0.481 e. The summed E-state index contributed by atoms with van der Waals surface area (Å²) in [6.45, 7) is 2.72. The molecule has 118 valence electrons. The van der Waals surface area contributed by atoms with Crippen molar-refractivity contribution in [2.45, 2.75) is 45.3 Å². The number of ether oxygens (including phenoxy) is 2. The summed E-state index contributed by atoms with van der Waals surface area (Å²) in [7, 11) is 0. The van der Waals surface area contributed by atoms with Gasteiger partial charge in [0.2, 0.25) is 5.91 Å². The summed E-state index contributed by atoms with van der Waals surface area (Å²) in [5, 5.41) is 8.61. The van der Waals surface area contributed by atoms with E-state index in [4.69, 9.17) is 14.6 Å². The lowest BCUT2D eigenvalue weighted by Crippen LogP contribution is -2.39. The molecule has 0 aromatic rings. The Morgan fingerprint density at radius 1 is 1.14 bits per heavy atom. The molecule has 1 aliphatic rings. The summed E-state index contributed by atoms with van der Waals surface area (Å²) in [5.41, 5.74) is 0. The maximum absolute atomic E-state index is 12.0. The topological polar surface area (TPSA) is 110 Å². The highest BCUT2D eigenvalue weighted by atomic mass is 16.5. The number of amides is 1. The highest BCUT2D eigenvalue weighted by Gasteiger charge is 2.37. The summed E-state index contributed by atoms with van der Waals surface area (Å²) >= 11 is 0. The van der Waals surface area contributed by atoms with Crippen molar-refractivity contribution in [2.24, 2.45) is 0 Å². The summed E-state index contributed by atoms with van der Waals surface area (Å²) in [6.07, 6.45) is -0.505. The normalized spacial score (nSPS) is 21.0. The minimum absolute atomic E-state index is 0.00586. The van der Waals surface area contributed by atoms with Gasteiger partial charge in [-0.3, -0.25) is 19.2 Å². The summed E-state index contributed by atoms with van der Waals surface area (Å²) < 4.78 is 9.96. The van der Waals surface area contributed by atoms with Gasteiger partial charge in [-0.05, 0) is 0 Å². The van der Waals surface area contributed by atoms with Crippen LogP contribution in [0.3, 0.4) is 0 Å². The molecular formula is C13H19NO7. The van der Waals surface area contributed by atoms with E-state index in [2.05, 4.69) is 0 Å². The van der Waals surface area contributed by atoms with E-state index in [0.717, 1.165) is 0 Å². The quantitative estimate of drug-likeness (QED) is 0.684. The molecule has 0 spiro atoms. The number of carboxylic acid groups (broad SMARTS) is 1. The van der Waals surface area contributed by atoms with Gasteiger partial charge in [0.05, 0.1) is 19.0 Å². The van der Waals surface area contributed by atoms with Crippen molar-refractivity contribution in [3.63, 3.8) is 0 Å². The number of carbonyl (C=O) groups excluding carboxylic acids is 3. The third kappa shape index (κ3) is 5.80. The lowest BCUT2D eigenvalue weighted by Gasteiger charge is -2.23. The smallest absolute Gasteiger partial charge is 0.303 e. The van der Waals surface area contributed by atoms with E-state index in [-0.39, 0.29) is 31.9 Å². The number of carboxylic acids is 1. The van der Waals surface area contributed by atoms with E-state index in [1.54, 1.807) is 0 Å². The molecule has 1 amide bonds. The maximum atomic E-state index is 12.0. The Morgan fingerprint density at radius 2 is 1.81 bits per heavy atom. The van der Waals surface area contributed by atoms with Crippen LogP contribution in [-0.4, -0.2) is 59.1 Å². The van der Waals surface area contributed by atoms with Gasteiger partial charge in [-0.2, -0.15) is 0 Å². The van der Waals surface area contributed by atoms with Crippen LogP contribution < -0.4 is 0 Å². The molecular weight excluding hydrogens is 282 g/mol. The molecule has 0 unspecified atom stereocenters. The number of hydrogen-bond acceptors (Lipinski definition) is 6. The van der Waals surface area contributed by atoms with Gasteiger partial charge in [0.25, 0.3) is 0 Å². The molecule has 1 fully saturated rings. The standard InChI is InChI=1S/C13H19NO7/c1-8(15)20-7-10-5-11(21-9(2)16)6-14(10)12(17)3-4-13(18)19/h10-11H,3-7H2,1-2H3,(H,18,19)/t10-,11+/m0/s1. The van der Waals surface area contributed by atoms with E-state index >= 15 is 0 Å². The van der Waals surface area contributed by atoms with Crippen molar-refractivity contribution in [1.29, 1.82) is 0 Å². The van der Waals surface area contributed by atoms with Crippen LogP contribution in [0.15, 0.2) is 0 Å². The SMILES string of the molecule is CC(=O)OC[C@@H]1C[C@@H](OC(C)=O)CN1C(=O)CCC(=O)O. The molecule has 0 bridgehead atoms. The predicted octanol–water partition coefficient (Wildman–Crippen LogP) is -0.0531. The highest BCUT2D eigenvalue weighted by molar-refractivity contribution is 5.81. The fourth-order valence-corrected chi connectivity index (χ4v) is 2.23. The average molecular weight is 301 g/mol. The van der Waals surface area contributed by atoms with Gasteiger partial charge < -0.3 is 19.5 Å². The third-order valence-electron chi connectivity index (χ3n) is 3.06. The largest absolute Gasteiger partial charge is 0.481 e. The zero-order valence-electron chi connectivity index (χ0n) is 12.0. The van der Waals surface area contributed by atoms with Gasteiger partial charge >= 0.3 is 17.9 Å². The Balaban J connectivity index is 2.65. The molecule has 8 heteroatoms. The molecule has 1 N–H and O–H groups in total. The first-order chi connectivity index (χ1) is 9.79. The third-order valence-corrected chi connectivity index (χ3v) is 3.06. The Morgan fingerprint density at radius 3 is 2.33 bits per heavy atom. The second-order valence-electron chi connectivity index (χ2n) is 4.86. The van der Waals surface area contributed by atoms with Gasteiger partial charge in [0.1, 0.15) is 12.7 Å². The van der Waals surface area contributed by atoms with Gasteiger partial charge in [0, 0.05) is 26.7 Å². The second-order valence-corrected chi connectivity index (χ2v) is 4.86. The number of rotatable bonds is 6. The van der Waals surface area contributed by atoms with E-state index in [9.17, 15) is 19.2 Å². The van der Waals surface area contributed by atoms with Crippen LogP contribution >= 0.6 is 0 Å². The Kier molecular flexibility index (Phi) is 6.13. The number of esters is 2. The zero-order chi connectivity index (χ0) is 16.0. The highest BCUT2D eigenvalue weighted by Crippen LogP contribution is 2.22. The van der Waals surface area contributed by atoms with Crippen molar-refractivity contribution in [3.05, 3.63) is 0 Å². The van der Waals surface area contributed by atoms with Gasteiger partial charge in [-0.25, -0.2) is 0 Å². The molecule has 0 aliphatic carbocycles. The summed E-state index contributed by atoms with van der Waals surface area (Å²) in [5.74, 6) is -2.34. The molecule has 0 radical (unpaired) electrons. The lowest BCUT2D eigenvalue weighted by molar-refractivity contribution is -0.146. The van der Waals surface area contributed by atoms with Crippen molar-refractivity contribution < 1.29 is 33.8 Å². The van der Waals surface area contributed by atoms with Crippen LogP contribution in [0.5, 0.6) is 0 Å². The maximum Gasteiger partial charge on any atom is 0.303 e.